The number of aromatic amines is 1. The molecule has 0 amide bonds. The van der Waals surface area contributed by atoms with E-state index < -0.39 is 10.9 Å². The standard InChI is InChI=1S/C15H18N2O2S/c1-2-3-4-8-15-13(10-11-16-20(18)19)12-7-5-6-9-14(12)17-15/h1,5-7,9,17,20H,3-4,8,10-11H2,(H,16,18,19). The second-order valence-corrected chi connectivity index (χ2v) is 5.43. The monoisotopic (exact) mass is 290 g/mol. The summed E-state index contributed by atoms with van der Waals surface area (Å²) in [6.07, 6.45) is 8.53. The van der Waals surface area contributed by atoms with Crippen LogP contribution < -0.4 is 4.72 Å². The van der Waals surface area contributed by atoms with E-state index in [-0.39, 0.29) is 0 Å². The molecular weight excluding hydrogens is 272 g/mol. The first-order valence-electron chi connectivity index (χ1n) is 6.62. The predicted octanol–water partition coefficient (Wildman–Crippen LogP) is 1.78. The van der Waals surface area contributed by atoms with Crippen LogP contribution >= 0.6 is 0 Å². The molecule has 0 radical (unpaired) electrons. The maximum absolute atomic E-state index is 10.6. The summed E-state index contributed by atoms with van der Waals surface area (Å²) < 4.78 is 23.6. The zero-order chi connectivity index (χ0) is 14.4. The molecule has 1 heterocycles. The average Bonchev–Trinajstić information content (AvgIpc) is 2.77. The van der Waals surface area contributed by atoms with E-state index in [0.717, 1.165) is 35.9 Å². The van der Waals surface area contributed by atoms with Gasteiger partial charge in [-0.05, 0) is 30.9 Å². The lowest BCUT2D eigenvalue weighted by Crippen LogP contribution is -2.15. The van der Waals surface area contributed by atoms with E-state index in [4.69, 9.17) is 6.42 Å². The van der Waals surface area contributed by atoms with Gasteiger partial charge in [-0.2, -0.15) is 0 Å². The van der Waals surface area contributed by atoms with E-state index in [0.29, 0.717) is 13.0 Å². The van der Waals surface area contributed by atoms with Gasteiger partial charge in [0.25, 0.3) is 0 Å². The highest BCUT2D eigenvalue weighted by atomic mass is 32.2. The summed E-state index contributed by atoms with van der Waals surface area (Å²) in [7, 11) is -2.54. The fourth-order valence-electron chi connectivity index (χ4n) is 2.39. The number of benzene rings is 1. The second-order valence-electron chi connectivity index (χ2n) is 4.60. The lowest BCUT2D eigenvalue weighted by molar-refractivity contribution is 0.601. The third kappa shape index (κ3) is 3.62. The lowest BCUT2D eigenvalue weighted by Gasteiger charge is -2.03. The Hall–Kier alpha value is -1.77. The maximum atomic E-state index is 10.6. The number of aryl methyl sites for hydroxylation is 1. The first-order chi connectivity index (χ1) is 9.72. The minimum atomic E-state index is -2.54. The summed E-state index contributed by atoms with van der Waals surface area (Å²) in [6.45, 7) is 0.419. The highest BCUT2D eigenvalue weighted by molar-refractivity contribution is 7.70. The van der Waals surface area contributed by atoms with Crippen LogP contribution in [0.2, 0.25) is 0 Å². The number of hydrogen-bond acceptors (Lipinski definition) is 2. The molecule has 0 atom stereocenters. The predicted molar refractivity (Wildman–Crippen MR) is 82.1 cm³/mol. The molecule has 2 rings (SSSR count). The highest BCUT2D eigenvalue weighted by Gasteiger charge is 2.10. The van der Waals surface area contributed by atoms with Gasteiger partial charge >= 0.3 is 0 Å². The van der Waals surface area contributed by atoms with Crippen LogP contribution in [-0.4, -0.2) is 19.9 Å². The van der Waals surface area contributed by atoms with Crippen molar-refractivity contribution in [2.75, 3.05) is 6.54 Å². The molecule has 0 saturated heterocycles. The number of H-pyrrole nitrogens is 1. The molecule has 5 heteroatoms. The maximum Gasteiger partial charge on any atom is 0.201 e. The largest absolute Gasteiger partial charge is 0.358 e. The van der Waals surface area contributed by atoms with E-state index in [9.17, 15) is 8.42 Å². The average molecular weight is 290 g/mol. The van der Waals surface area contributed by atoms with Gasteiger partial charge in [0, 0.05) is 29.6 Å². The van der Waals surface area contributed by atoms with E-state index >= 15 is 0 Å². The number of nitrogens with one attached hydrogen (secondary N) is 2. The topological polar surface area (TPSA) is 62.0 Å². The van der Waals surface area contributed by atoms with Crippen molar-refractivity contribution in [1.82, 2.24) is 9.71 Å². The van der Waals surface area contributed by atoms with Gasteiger partial charge in [-0.15, -0.1) is 12.3 Å². The Balaban J connectivity index is 2.22. The fourth-order valence-corrected chi connectivity index (χ4v) is 2.69. The van der Waals surface area contributed by atoms with E-state index in [1.807, 2.05) is 18.2 Å². The van der Waals surface area contributed by atoms with Crippen LogP contribution in [0, 0.1) is 12.3 Å². The summed E-state index contributed by atoms with van der Waals surface area (Å²) >= 11 is 0. The molecule has 0 aliphatic carbocycles. The van der Waals surface area contributed by atoms with Crippen LogP contribution in [-0.2, 0) is 23.7 Å². The minimum Gasteiger partial charge on any atom is -0.358 e. The molecule has 1 aromatic carbocycles. The molecule has 0 spiro atoms. The van der Waals surface area contributed by atoms with Gasteiger partial charge in [0.15, 0.2) is 0 Å². The smallest absolute Gasteiger partial charge is 0.201 e. The fraction of sp³-hybridized carbons (Fsp3) is 0.333. The van der Waals surface area contributed by atoms with Crippen molar-refractivity contribution in [3.8, 4) is 12.3 Å². The number of unbranched alkanes of at least 4 members (excludes halogenated alkanes) is 1. The molecule has 0 bridgehead atoms. The van der Waals surface area contributed by atoms with Crippen LogP contribution in [0.5, 0.6) is 0 Å². The van der Waals surface area contributed by atoms with Crippen molar-refractivity contribution in [2.45, 2.75) is 25.7 Å². The van der Waals surface area contributed by atoms with Crippen molar-refractivity contribution in [1.29, 1.82) is 0 Å². The van der Waals surface area contributed by atoms with Gasteiger partial charge in [0.2, 0.25) is 10.9 Å². The minimum absolute atomic E-state index is 0.419. The molecule has 0 aliphatic heterocycles. The van der Waals surface area contributed by atoms with Crippen LogP contribution in [0.3, 0.4) is 0 Å². The van der Waals surface area contributed by atoms with E-state index in [1.165, 1.54) is 5.56 Å². The Morgan fingerprint density at radius 1 is 1.25 bits per heavy atom. The second kappa shape index (κ2) is 7.13. The number of rotatable bonds is 7. The highest BCUT2D eigenvalue weighted by Crippen LogP contribution is 2.24. The molecule has 20 heavy (non-hydrogen) atoms. The van der Waals surface area contributed by atoms with Gasteiger partial charge in [-0.3, -0.25) is 0 Å². The Labute approximate surface area is 120 Å². The lowest BCUT2D eigenvalue weighted by atomic mass is 10.0. The number of hydrogen-bond donors (Lipinski definition) is 3. The van der Waals surface area contributed by atoms with Crippen LogP contribution in [0.15, 0.2) is 24.3 Å². The summed E-state index contributed by atoms with van der Waals surface area (Å²) in [5, 5.41) is 1.16. The number of fused-ring (bicyclic) bond motifs is 1. The zero-order valence-electron chi connectivity index (χ0n) is 11.2. The quantitative estimate of drug-likeness (QED) is 0.413. The molecule has 0 fully saturated rings. The summed E-state index contributed by atoms with van der Waals surface area (Å²) in [5.41, 5.74) is 3.43. The van der Waals surface area contributed by atoms with Crippen molar-refractivity contribution in [3.05, 3.63) is 35.5 Å². The molecule has 4 nitrogen and oxygen atoms in total. The van der Waals surface area contributed by atoms with Crippen molar-refractivity contribution in [3.63, 3.8) is 0 Å². The molecule has 0 aliphatic rings. The number of para-hydroxylation sites is 1. The van der Waals surface area contributed by atoms with Gasteiger partial charge in [-0.25, -0.2) is 13.1 Å². The Kier molecular flexibility index (Phi) is 5.22. The van der Waals surface area contributed by atoms with Crippen molar-refractivity contribution >= 4 is 21.8 Å². The molecule has 0 saturated carbocycles. The van der Waals surface area contributed by atoms with E-state index in [1.54, 1.807) is 0 Å². The summed E-state index contributed by atoms with van der Waals surface area (Å²) in [6, 6.07) is 8.07. The molecule has 0 unspecified atom stereocenters. The Morgan fingerprint density at radius 3 is 2.80 bits per heavy atom. The van der Waals surface area contributed by atoms with Crippen molar-refractivity contribution < 1.29 is 8.42 Å². The van der Waals surface area contributed by atoms with Crippen LogP contribution in [0.1, 0.15) is 24.1 Å². The summed E-state index contributed by atoms with van der Waals surface area (Å²) in [5.74, 6) is 2.64. The van der Waals surface area contributed by atoms with Gasteiger partial charge in [0.1, 0.15) is 0 Å². The number of aromatic nitrogens is 1. The third-order valence-corrected chi connectivity index (χ3v) is 3.75. The number of thiol groups is 1. The first kappa shape index (κ1) is 14.6. The van der Waals surface area contributed by atoms with Crippen molar-refractivity contribution in [2.24, 2.45) is 0 Å². The molecule has 2 N–H and O–H groups in total. The van der Waals surface area contributed by atoms with Crippen LogP contribution in [0.4, 0.5) is 0 Å². The molecule has 1 aromatic heterocycles. The van der Waals surface area contributed by atoms with Gasteiger partial charge in [-0.1, -0.05) is 18.2 Å². The number of terminal acetylenes is 1. The SMILES string of the molecule is C#CCCCc1[nH]c2ccccc2c1CCN[SH](=O)=O. The first-order valence-corrected chi connectivity index (χ1v) is 7.80. The Morgan fingerprint density at radius 2 is 2.05 bits per heavy atom. The normalized spacial score (nSPS) is 11.0. The van der Waals surface area contributed by atoms with E-state index in [2.05, 4.69) is 21.7 Å². The zero-order valence-corrected chi connectivity index (χ0v) is 12.1. The van der Waals surface area contributed by atoms with Gasteiger partial charge in [0.05, 0.1) is 0 Å². The molecular formula is C15H18N2O2S. The summed E-state index contributed by atoms with van der Waals surface area (Å²) in [4.78, 5) is 3.41. The van der Waals surface area contributed by atoms with Gasteiger partial charge < -0.3 is 4.98 Å². The molecule has 106 valence electrons. The molecule has 2 aromatic rings. The Bertz CT molecular complexity index is 687. The third-order valence-electron chi connectivity index (χ3n) is 3.27. The van der Waals surface area contributed by atoms with Crippen LogP contribution in [0.25, 0.3) is 10.9 Å².